The summed E-state index contributed by atoms with van der Waals surface area (Å²) in [6.45, 7) is 3.78. The smallest absolute Gasteiger partial charge is 0.0991 e. The second-order valence-electron chi connectivity index (χ2n) is 3.58. The van der Waals surface area contributed by atoms with E-state index in [0.29, 0.717) is 5.56 Å². The van der Waals surface area contributed by atoms with Gasteiger partial charge in [-0.15, -0.1) is 0 Å². The Bertz CT molecular complexity index is 615. The number of nitriles is 2. The molecule has 2 aromatic rings. The summed E-state index contributed by atoms with van der Waals surface area (Å²) in [6.07, 6.45) is 0. The van der Waals surface area contributed by atoms with Crippen LogP contribution in [0, 0.1) is 29.6 Å². The molecule has 0 N–H and O–H groups in total. The van der Waals surface area contributed by atoms with Gasteiger partial charge in [0.25, 0.3) is 0 Å². The molecule has 0 heterocycles. The summed E-state index contributed by atoms with van der Waals surface area (Å²) in [5.74, 6) is -0.446. The van der Waals surface area contributed by atoms with Crippen LogP contribution in [0.2, 0.25) is 0 Å². The molecule has 0 aliphatic rings. The topological polar surface area (TPSA) is 47.6 Å². The quantitative estimate of drug-likeness (QED) is 0.717. The Morgan fingerprint density at radius 3 is 2.56 bits per heavy atom. The number of fused-ring (bicyclic) bond motifs is 1. The Hall–Kier alpha value is -2.32. The molecule has 1 atom stereocenters. The minimum atomic E-state index is -0.446. The average molecular weight is 205 g/mol. The van der Waals surface area contributed by atoms with E-state index in [-0.39, 0.29) is 0 Å². The van der Waals surface area contributed by atoms with Crippen LogP contribution in [-0.2, 0) is 0 Å². The Morgan fingerprint density at radius 2 is 1.88 bits per heavy atom. The summed E-state index contributed by atoms with van der Waals surface area (Å²) in [5.41, 5.74) is 1.38. The molecule has 16 heavy (non-hydrogen) atoms. The first-order valence-corrected chi connectivity index (χ1v) is 4.91. The van der Waals surface area contributed by atoms with E-state index >= 15 is 0 Å². The largest absolute Gasteiger partial charge is 0.198 e. The van der Waals surface area contributed by atoms with E-state index < -0.39 is 5.92 Å². The van der Waals surface area contributed by atoms with Crippen molar-refractivity contribution in [3.05, 3.63) is 54.4 Å². The summed E-state index contributed by atoms with van der Waals surface area (Å²) in [5, 5.41) is 19.8. The third-order valence-electron chi connectivity index (χ3n) is 2.55. The Labute approximate surface area is 94.4 Å². The lowest BCUT2D eigenvalue weighted by atomic mass is 9.94. The van der Waals surface area contributed by atoms with E-state index in [1.165, 1.54) is 0 Å². The maximum absolute atomic E-state index is 8.92. The zero-order valence-corrected chi connectivity index (χ0v) is 8.64. The van der Waals surface area contributed by atoms with Crippen molar-refractivity contribution in [1.29, 1.82) is 10.5 Å². The third-order valence-corrected chi connectivity index (χ3v) is 2.55. The lowest BCUT2D eigenvalue weighted by Crippen LogP contribution is -1.93. The molecular formula is C14H9N2. The van der Waals surface area contributed by atoms with Gasteiger partial charge in [0.2, 0.25) is 0 Å². The van der Waals surface area contributed by atoms with E-state index in [1.54, 1.807) is 6.07 Å². The number of hydrogen-bond donors (Lipinski definition) is 0. The predicted octanol–water partition coefficient (Wildman–Crippen LogP) is 3.15. The summed E-state index contributed by atoms with van der Waals surface area (Å²) in [4.78, 5) is 0. The summed E-state index contributed by atoms with van der Waals surface area (Å²) >= 11 is 0. The molecule has 2 rings (SSSR count). The van der Waals surface area contributed by atoms with Crippen LogP contribution in [0.5, 0.6) is 0 Å². The second kappa shape index (κ2) is 4.04. The first-order chi connectivity index (χ1) is 7.76. The molecule has 2 heteroatoms. The first-order valence-electron chi connectivity index (χ1n) is 4.91. The number of hydrogen-bond acceptors (Lipinski definition) is 2. The summed E-state index contributed by atoms with van der Waals surface area (Å²) < 4.78 is 0. The lowest BCUT2D eigenvalue weighted by Gasteiger charge is -2.08. The fraction of sp³-hybridized carbons (Fsp3) is 0.0714. The normalized spacial score (nSPS) is 11.7. The van der Waals surface area contributed by atoms with Crippen molar-refractivity contribution in [3.8, 4) is 12.1 Å². The van der Waals surface area contributed by atoms with Gasteiger partial charge < -0.3 is 0 Å². The SMILES string of the molecule is [CH2]C(C#N)c1cc(C#N)cc2ccccc12. The molecule has 0 saturated carbocycles. The van der Waals surface area contributed by atoms with Gasteiger partial charge in [0.15, 0.2) is 0 Å². The minimum absolute atomic E-state index is 0.446. The van der Waals surface area contributed by atoms with Gasteiger partial charge in [-0.05, 0) is 35.4 Å². The predicted molar refractivity (Wildman–Crippen MR) is 62.4 cm³/mol. The van der Waals surface area contributed by atoms with Crippen LogP contribution in [0.25, 0.3) is 10.8 Å². The summed E-state index contributed by atoms with van der Waals surface area (Å²) in [7, 11) is 0. The molecule has 1 unspecified atom stereocenters. The summed E-state index contributed by atoms with van der Waals surface area (Å²) in [6, 6.07) is 15.5. The molecule has 0 amide bonds. The zero-order valence-electron chi connectivity index (χ0n) is 8.64. The van der Waals surface area contributed by atoms with Crippen LogP contribution < -0.4 is 0 Å². The Balaban J connectivity index is 2.81. The van der Waals surface area contributed by atoms with Crippen LogP contribution in [0.15, 0.2) is 36.4 Å². The van der Waals surface area contributed by atoms with Crippen molar-refractivity contribution in [2.75, 3.05) is 0 Å². The fourth-order valence-electron chi connectivity index (χ4n) is 1.76. The van der Waals surface area contributed by atoms with Crippen molar-refractivity contribution in [2.24, 2.45) is 0 Å². The lowest BCUT2D eigenvalue weighted by molar-refractivity contribution is 1.11. The monoisotopic (exact) mass is 205 g/mol. The second-order valence-corrected chi connectivity index (χ2v) is 3.58. The molecule has 75 valence electrons. The van der Waals surface area contributed by atoms with E-state index in [0.717, 1.165) is 16.3 Å². The van der Waals surface area contributed by atoms with Gasteiger partial charge in [-0.3, -0.25) is 0 Å². The van der Waals surface area contributed by atoms with Gasteiger partial charge >= 0.3 is 0 Å². The van der Waals surface area contributed by atoms with E-state index in [1.807, 2.05) is 30.3 Å². The molecule has 0 saturated heterocycles. The van der Waals surface area contributed by atoms with Gasteiger partial charge in [-0.1, -0.05) is 24.3 Å². The highest BCUT2D eigenvalue weighted by Gasteiger charge is 2.10. The van der Waals surface area contributed by atoms with Crippen molar-refractivity contribution in [1.82, 2.24) is 0 Å². The molecule has 1 radical (unpaired) electrons. The fourth-order valence-corrected chi connectivity index (χ4v) is 1.76. The van der Waals surface area contributed by atoms with Gasteiger partial charge in [0.05, 0.1) is 23.6 Å². The van der Waals surface area contributed by atoms with E-state index in [2.05, 4.69) is 19.1 Å². The van der Waals surface area contributed by atoms with Crippen LogP contribution >= 0.6 is 0 Å². The van der Waals surface area contributed by atoms with E-state index in [9.17, 15) is 0 Å². The molecule has 2 nitrogen and oxygen atoms in total. The van der Waals surface area contributed by atoms with Crippen molar-refractivity contribution >= 4 is 10.8 Å². The molecule has 0 bridgehead atoms. The highest BCUT2D eigenvalue weighted by Crippen LogP contribution is 2.26. The van der Waals surface area contributed by atoms with E-state index in [4.69, 9.17) is 10.5 Å². The van der Waals surface area contributed by atoms with Crippen molar-refractivity contribution < 1.29 is 0 Å². The molecule has 0 spiro atoms. The zero-order chi connectivity index (χ0) is 11.5. The molecule has 0 fully saturated rings. The molecule has 0 aliphatic heterocycles. The van der Waals surface area contributed by atoms with Gasteiger partial charge in [0, 0.05) is 0 Å². The maximum Gasteiger partial charge on any atom is 0.0991 e. The molecule has 2 aromatic carbocycles. The van der Waals surface area contributed by atoms with Crippen LogP contribution in [0.1, 0.15) is 17.0 Å². The van der Waals surface area contributed by atoms with Crippen LogP contribution in [0.4, 0.5) is 0 Å². The highest BCUT2D eigenvalue weighted by molar-refractivity contribution is 5.88. The molecular weight excluding hydrogens is 196 g/mol. The maximum atomic E-state index is 8.92. The Kier molecular flexibility index (Phi) is 2.58. The van der Waals surface area contributed by atoms with Gasteiger partial charge in [-0.25, -0.2) is 0 Å². The Morgan fingerprint density at radius 1 is 1.12 bits per heavy atom. The van der Waals surface area contributed by atoms with Crippen molar-refractivity contribution in [3.63, 3.8) is 0 Å². The van der Waals surface area contributed by atoms with Crippen LogP contribution in [0.3, 0.4) is 0 Å². The minimum Gasteiger partial charge on any atom is -0.198 e. The number of nitrogens with zero attached hydrogens (tertiary/aromatic N) is 2. The number of rotatable bonds is 1. The molecule has 0 aliphatic carbocycles. The van der Waals surface area contributed by atoms with Crippen LogP contribution in [-0.4, -0.2) is 0 Å². The highest BCUT2D eigenvalue weighted by atomic mass is 14.3. The third kappa shape index (κ3) is 1.62. The van der Waals surface area contributed by atoms with Gasteiger partial charge in [-0.2, -0.15) is 10.5 Å². The van der Waals surface area contributed by atoms with Gasteiger partial charge in [0.1, 0.15) is 0 Å². The average Bonchev–Trinajstić information content (AvgIpc) is 2.36. The first kappa shape index (κ1) is 10.2. The number of benzene rings is 2. The molecule has 0 aromatic heterocycles. The standard InChI is InChI=1S/C14H9N2/c1-10(8-15)14-7-11(9-16)6-12-4-2-3-5-13(12)14/h2-7,10H,1H2. The van der Waals surface area contributed by atoms with Crippen molar-refractivity contribution in [2.45, 2.75) is 5.92 Å².